The first-order chi connectivity index (χ1) is 21.7. The van der Waals surface area contributed by atoms with Crippen molar-refractivity contribution in [1.82, 2.24) is 10.3 Å². The van der Waals surface area contributed by atoms with E-state index in [1.54, 1.807) is 0 Å². The number of rotatable bonds is 5. The highest BCUT2D eigenvalue weighted by Crippen LogP contribution is 2.42. The van der Waals surface area contributed by atoms with Crippen molar-refractivity contribution in [3.8, 4) is 11.1 Å². The van der Waals surface area contributed by atoms with Crippen molar-refractivity contribution < 1.29 is 0 Å². The summed E-state index contributed by atoms with van der Waals surface area (Å²) in [6, 6.07) is 50.5. The van der Waals surface area contributed by atoms with Gasteiger partial charge in [0.25, 0.3) is 0 Å². The van der Waals surface area contributed by atoms with Gasteiger partial charge in [-0.3, -0.25) is 9.98 Å². The van der Waals surface area contributed by atoms with Crippen molar-refractivity contribution in [3.63, 3.8) is 0 Å². The first kappa shape index (κ1) is 26.4. The monoisotopic (exact) mass is 567 g/mol. The summed E-state index contributed by atoms with van der Waals surface area (Å²) >= 11 is 0. The summed E-state index contributed by atoms with van der Waals surface area (Å²) in [4.78, 5) is 10.1. The van der Waals surface area contributed by atoms with Gasteiger partial charge in [-0.2, -0.15) is 0 Å². The zero-order valence-corrected chi connectivity index (χ0v) is 24.7. The Morgan fingerprint density at radius 2 is 1.23 bits per heavy atom. The van der Waals surface area contributed by atoms with Gasteiger partial charge in [-0.05, 0) is 80.6 Å². The van der Waals surface area contributed by atoms with Crippen LogP contribution < -0.4 is 5.32 Å². The third kappa shape index (κ3) is 4.81. The summed E-state index contributed by atoms with van der Waals surface area (Å²) in [7, 11) is 0. The molecule has 3 heteroatoms. The number of aromatic nitrogens is 1. The number of aliphatic imine (C=N–C) groups is 1. The number of fused-ring (bicyclic) bond motifs is 3. The lowest BCUT2D eigenvalue weighted by atomic mass is 9.79. The molecule has 3 unspecified atom stereocenters. The molecule has 212 valence electrons. The van der Waals surface area contributed by atoms with E-state index < -0.39 is 0 Å². The maximum atomic E-state index is 5.48. The molecule has 7 aromatic rings. The van der Waals surface area contributed by atoms with Crippen molar-refractivity contribution in [2.24, 2.45) is 10.9 Å². The van der Waals surface area contributed by atoms with E-state index in [4.69, 9.17) is 4.99 Å². The van der Waals surface area contributed by atoms with Crippen LogP contribution in [0, 0.1) is 5.92 Å². The number of nitrogens with one attached hydrogen (secondary N) is 1. The Morgan fingerprint density at radius 1 is 0.545 bits per heavy atom. The summed E-state index contributed by atoms with van der Waals surface area (Å²) < 4.78 is 0. The molecular weight excluding hydrogens is 534 g/mol. The van der Waals surface area contributed by atoms with Gasteiger partial charge in [0.05, 0.1) is 17.6 Å². The number of benzene rings is 6. The predicted molar refractivity (Wildman–Crippen MR) is 184 cm³/mol. The quantitative estimate of drug-likeness (QED) is 0.225. The van der Waals surface area contributed by atoms with E-state index in [9.17, 15) is 0 Å². The maximum absolute atomic E-state index is 5.48. The van der Waals surface area contributed by atoms with Gasteiger partial charge in [0.15, 0.2) is 0 Å². The Bertz CT molecular complexity index is 2180. The van der Waals surface area contributed by atoms with Gasteiger partial charge in [-0.25, -0.2) is 0 Å². The highest BCUT2D eigenvalue weighted by molar-refractivity contribution is 6.03. The van der Waals surface area contributed by atoms with Gasteiger partial charge >= 0.3 is 0 Å². The molecule has 6 aromatic carbocycles. The van der Waals surface area contributed by atoms with Gasteiger partial charge in [-0.15, -0.1) is 0 Å². The first-order valence-electron chi connectivity index (χ1n) is 15.5. The van der Waals surface area contributed by atoms with Crippen LogP contribution in [-0.2, 0) is 0 Å². The lowest BCUT2D eigenvalue weighted by molar-refractivity contribution is 0.311. The molecule has 0 bridgehead atoms. The molecule has 0 aliphatic carbocycles. The maximum Gasteiger partial charge on any atom is 0.129 e. The van der Waals surface area contributed by atoms with Crippen molar-refractivity contribution in [2.45, 2.75) is 25.4 Å². The van der Waals surface area contributed by atoms with Crippen molar-refractivity contribution in [2.75, 3.05) is 0 Å². The van der Waals surface area contributed by atoms with Crippen molar-refractivity contribution >= 4 is 38.3 Å². The van der Waals surface area contributed by atoms with Crippen molar-refractivity contribution in [3.05, 3.63) is 162 Å². The number of pyridine rings is 1. The molecule has 0 spiro atoms. The molecule has 0 radical (unpaired) electrons. The number of nitrogens with zero attached hydrogens (tertiary/aromatic N) is 2. The Hall–Kier alpha value is -5.28. The average molecular weight is 568 g/mol. The second-order valence-corrected chi connectivity index (χ2v) is 11.8. The fourth-order valence-electron chi connectivity index (χ4n) is 6.86. The number of hydrogen-bond acceptors (Lipinski definition) is 3. The number of hydrogen-bond donors (Lipinski definition) is 1. The van der Waals surface area contributed by atoms with Crippen LogP contribution in [0.2, 0.25) is 0 Å². The zero-order chi connectivity index (χ0) is 29.5. The van der Waals surface area contributed by atoms with Crippen LogP contribution >= 0.6 is 0 Å². The normalized spacial score (nSPS) is 18.3. The molecule has 2 heterocycles. The lowest BCUT2D eigenvalue weighted by Gasteiger charge is -2.38. The van der Waals surface area contributed by atoms with E-state index >= 15 is 0 Å². The summed E-state index contributed by atoms with van der Waals surface area (Å²) in [5.74, 6) is 1.22. The van der Waals surface area contributed by atoms with Gasteiger partial charge in [0.2, 0.25) is 0 Å². The van der Waals surface area contributed by atoms with Crippen LogP contribution in [0.5, 0.6) is 0 Å². The van der Waals surface area contributed by atoms with Crippen LogP contribution in [0.15, 0.2) is 151 Å². The van der Waals surface area contributed by atoms with E-state index in [0.717, 1.165) is 28.7 Å². The topological polar surface area (TPSA) is 37.3 Å². The van der Waals surface area contributed by atoms with Crippen molar-refractivity contribution in [1.29, 1.82) is 0 Å². The van der Waals surface area contributed by atoms with Gasteiger partial charge < -0.3 is 5.32 Å². The predicted octanol–water partition coefficient (Wildman–Crippen LogP) is 10.1. The minimum atomic E-state index is 0.0193. The second-order valence-electron chi connectivity index (χ2n) is 11.8. The first-order valence-corrected chi connectivity index (χ1v) is 15.5. The Labute approximate surface area is 257 Å². The van der Waals surface area contributed by atoms with E-state index in [1.165, 1.54) is 43.8 Å². The minimum absolute atomic E-state index is 0.0193. The Kier molecular flexibility index (Phi) is 6.64. The molecule has 1 aliphatic heterocycles. The fraction of sp³-hybridized carbons (Fsp3) is 0.122. The molecule has 3 nitrogen and oxygen atoms in total. The molecule has 1 aromatic heterocycles. The molecule has 8 rings (SSSR count). The Morgan fingerprint density at radius 3 is 2.05 bits per heavy atom. The molecule has 44 heavy (non-hydrogen) atoms. The SMILES string of the molecule is CCC1C(c2ccc3ccccc3c2)N=C(c2ccc3ccccc3c2)NC1c1cccc(-c2ccc3cccnc3c2)c1. The van der Waals surface area contributed by atoms with Crippen LogP contribution in [0.1, 0.15) is 42.1 Å². The molecule has 1 aliphatic rings. The summed E-state index contributed by atoms with van der Waals surface area (Å²) in [5, 5.41) is 10.1. The van der Waals surface area contributed by atoms with Crippen LogP contribution in [0.25, 0.3) is 43.6 Å². The van der Waals surface area contributed by atoms with Gasteiger partial charge in [0, 0.05) is 23.1 Å². The number of amidine groups is 1. The van der Waals surface area contributed by atoms with Gasteiger partial charge in [0.1, 0.15) is 5.84 Å². The summed E-state index contributed by atoms with van der Waals surface area (Å²) in [6.45, 7) is 2.29. The summed E-state index contributed by atoms with van der Waals surface area (Å²) in [6.07, 6.45) is 2.86. The van der Waals surface area contributed by atoms with E-state index in [0.29, 0.717) is 0 Å². The highest BCUT2D eigenvalue weighted by Gasteiger charge is 2.35. The molecule has 0 amide bonds. The van der Waals surface area contributed by atoms with Crippen LogP contribution in [0.4, 0.5) is 0 Å². The molecule has 0 fully saturated rings. The van der Waals surface area contributed by atoms with E-state index in [2.05, 4.69) is 151 Å². The molecule has 3 atom stereocenters. The molecule has 0 saturated carbocycles. The molecule has 1 N–H and O–H groups in total. The average Bonchev–Trinajstić information content (AvgIpc) is 3.10. The molecule has 0 saturated heterocycles. The fourth-order valence-corrected chi connectivity index (χ4v) is 6.86. The third-order valence-corrected chi connectivity index (χ3v) is 9.19. The highest BCUT2D eigenvalue weighted by atomic mass is 15.1. The standard InChI is InChI=1S/C41H33N3/c1-2-37-39(34-14-7-13-32(24-34)33-19-18-29-15-8-22-42-38(29)26-33)43-41(36-21-17-28-10-4-6-12-31(28)25-36)44-40(37)35-20-16-27-9-3-5-11-30(27)23-35/h3-26,37,39-40H,2H2,1H3,(H,43,44). The minimum Gasteiger partial charge on any atom is -0.363 e. The van der Waals surface area contributed by atoms with Crippen LogP contribution in [0.3, 0.4) is 0 Å². The Balaban J connectivity index is 1.25. The summed E-state index contributed by atoms with van der Waals surface area (Å²) in [5.41, 5.74) is 7.04. The zero-order valence-electron chi connectivity index (χ0n) is 24.7. The second kappa shape index (κ2) is 11.1. The smallest absolute Gasteiger partial charge is 0.129 e. The van der Waals surface area contributed by atoms with E-state index in [1.807, 2.05) is 12.3 Å². The lowest BCUT2D eigenvalue weighted by Crippen LogP contribution is -2.41. The largest absolute Gasteiger partial charge is 0.363 e. The van der Waals surface area contributed by atoms with E-state index in [-0.39, 0.29) is 18.0 Å². The van der Waals surface area contributed by atoms with Crippen LogP contribution in [-0.4, -0.2) is 10.8 Å². The third-order valence-electron chi connectivity index (χ3n) is 9.19. The van der Waals surface area contributed by atoms with Gasteiger partial charge in [-0.1, -0.05) is 116 Å². The molecular formula is C41H33N3.